The maximum Gasteiger partial charge on any atom is 0.510 e. The lowest BCUT2D eigenvalue weighted by molar-refractivity contribution is 0.0328. The lowest BCUT2D eigenvalue weighted by atomic mass is 10.9. The number of hydrogen-bond acceptors (Lipinski definition) is 6. The van der Waals surface area contributed by atoms with E-state index in [0.29, 0.717) is 0 Å². The maximum atomic E-state index is 10.6. The molecule has 1 aromatic heterocycles. The zero-order valence-corrected chi connectivity index (χ0v) is 6.43. The standard InChI is InChI=1S/C5H7N4O3/c1-2-11-5(10)12-4-9-3-6-7-8-9/h2,4H2,1H3. The number of rotatable bonds is 3. The van der Waals surface area contributed by atoms with E-state index in [-0.39, 0.29) is 13.3 Å². The number of aromatic nitrogens is 4. The minimum atomic E-state index is -0.749. The zero-order chi connectivity index (χ0) is 8.81. The van der Waals surface area contributed by atoms with Gasteiger partial charge in [0.25, 0.3) is 0 Å². The van der Waals surface area contributed by atoms with Gasteiger partial charge in [0.2, 0.25) is 6.33 Å². The Morgan fingerprint density at radius 2 is 2.42 bits per heavy atom. The summed E-state index contributed by atoms with van der Waals surface area (Å²) in [7, 11) is 0. The van der Waals surface area contributed by atoms with Gasteiger partial charge in [-0.05, 0) is 17.4 Å². The van der Waals surface area contributed by atoms with E-state index < -0.39 is 6.16 Å². The highest BCUT2D eigenvalue weighted by molar-refractivity contribution is 5.59. The molecular formula is C5H7N4O3. The molecule has 0 N–H and O–H groups in total. The van der Waals surface area contributed by atoms with Gasteiger partial charge in [-0.2, -0.15) is 4.68 Å². The first kappa shape index (κ1) is 8.44. The molecule has 0 unspecified atom stereocenters. The molecule has 12 heavy (non-hydrogen) atoms. The molecule has 65 valence electrons. The van der Waals surface area contributed by atoms with Crippen LogP contribution in [-0.2, 0) is 16.2 Å². The van der Waals surface area contributed by atoms with Crippen LogP contribution in [0.15, 0.2) is 0 Å². The first-order valence-electron chi connectivity index (χ1n) is 3.26. The van der Waals surface area contributed by atoms with Gasteiger partial charge in [0, 0.05) is 0 Å². The molecule has 1 radical (unpaired) electrons. The van der Waals surface area contributed by atoms with Crippen molar-refractivity contribution in [2.45, 2.75) is 13.7 Å². The molecule has 1 rings (SSSR count). The predicted octanol–water partition coefficient (Wildman–Crippen LogP) is -0.396. The van der Waals surface area contributed by atoms with Gasteiger partial charge in [-0.25, -0.2) is 4.79 Å². The van der Waals surface area contributed by atoms with Crippen LogP contribution in [0.1, 0.15) is 6.92 Å². The molecule has 0 fully saturated rings. The lowest BCUT2D eigenvalue weighted by Crippen LogP contribution is -2.11. The molecule has 0 aliphatic heterocycles. The molecule has 7 nitrogen and oxygen atoms in total. The van der Waals surface area contributed by atoms with Gasteiger partial charge >= 0.3 is 6.16 Å². The molecule has 0 aliphatic rings. The summed E-state index contributed by atoms with van der Waals surface area (Å²) >= 11 is 0. The average molecular weight is 171 g/mol. The van der Waals surface area contributed by atoms with Crippen LogP contribution in [0.4, 0.5) is 4.79 Å². The summed E-state index contributed by atoms with van der Waals surface area (Å²) in [5.41, 5.74) is 0. The largest absolute Gasteiger partial charge is 0.510 e. The van der Waals surface area contributed by atoms with E-state index in [0.717, 1.165) is 4.68 Å². The van der Waals surface area contributed by atoms with E-state index in [1.165, 1.54) is 0 Å². The van der Waals surface area contributed by atoms with Crippen LogP contribution >= 0.6 is 0 Å². The second kappa shape index (κ2) is 4.27. The van der Waals surface area contributed by atoms with Crippen molar-refractivity contribution in [3.05, 3.63) is 6.33 Å². The summed E-state index contributed by atoms with van der Waals surface area (Å²) in [5.74, 6) is 0. The third-order valence-corrected chi connectivity index (χ3v) is 0.920. The molecule has 0 amide bonds. The molecule has 0 bridgehead atoms. The molecule has 7 heteroatoms. The summed E-state index contributed by atoms with van der Waals surface area (Å²) in [6.45, 7) is 1.87. The first-order valence-corrected chi connectivity index (χ1v) is 3.26. The van der Waals surface area contributed by atoms with Crippen molar-refractivity contribution in [2.75, 3.05) is 6.61 Å². The fourth-order valence-corrected chi connectivity index (χ4v) is 0.488. The number of carbonyl (C=O) groups excluding carboxylic acids is 1. The molecular weight excluding hydrogens is 164 g/mol. The third-order valence-electron chi connectivity index (χ3n) is 0.920. The first-order chi connectivity index (χ1) is 5.83. The highest BCUT2D eigenvalue weighted by atomic mass is 16.7. The molecule has 1 aromatic rings. The van der Waals surface area contributed by atoms with Gasteiger partial charge < -0.3 is 9.47 Å². The van der Waals surface area contributed by atoms with Crippen LogP contribution in [-0.4, -0.2) is 33.0 Å². The summed E-state index contributed by atoms with van der Waals surface area (Å²) in [6, 6.07) is 0. The number of hydrogen-bond donors (Lipinski definition) is 0. The van der Waals surface area contributed by atoms with Gasteiger partial charge in [-0.1, -0.05) is 0 Å². The smallest absolute Gasteiger partial charge is 0.435 e. The summed E-state index contributed by atoms with van der Waals surface area (Å²) < 4.78 is 10.2. The van der Waals surface area contributed by atoms with E-state index in [4.69, 9.17) is 0 Å². The fraction of sp³-hybridized carbons (Fsp3) is 0.600. The van der Waals surface area contributed by atoms with E-state index in [2.05, 4.69) is 31.3 Å². The molecule has 0 atom stereocenters. The molecule has 0 aliphatic carbocycles. The van der Waals surface area contributed by atoms with Crippen molar-refractivity contribution >= 4 is 6.16 Å². The van der Waals surface area contributed by atoms with E-state index in [1.807, 2.05) is 0 Å². The Morgan fingerprint density at radius 3 is 3.00 bits per heavy atom. The molecule has 0 spiro atoms. The molecule has 0 saturated heterocycles. The Morgan fingerprint density at radius 1 is 1.58 bits per heavy atom. The number of tetrazole rings is 1. The number of nitrogens with zero attached hydrogens (tertiary/aromatic N) is 4. The topological polar surface area (TPSA) is 79.1 Å². The van der Waals surface area contributed by atoms with Crippen LogP contribution in [0.5, 0.6) is 0 Å². The highest BCUT2D eigenvalue weighted by Crippen LogP contribution is 1.86. The Labute approximate surface area is 68.3 Å². The Balaban J connectivity index is 2.22. The minimum absolute atomic E-state index is 0.0914. The monoisotopic (exact) mass is 171 g/mol. The Kier molecular flexibility index (Phi) is 3.00. The number of carbonyl (C=O) groups is 1. The highest BCUT2D eigenvalue weighted by Gasteiger charge is 2.02. The van der Waals surface area contributed by atoms with Gasteiger partial charge in [0.05, 0.1) is 6.61 Å². The van der Waals surface area contributed by atoms with Gasteiger partial charge in [-0.15, -0.1) is 5.10 Å². The van der Waals surface area contributed by atoms with Crippen molar-refractivity contribution in [3.8, 4) is 0 Å². The Hall–Kier alpha value is -1.66. The van der Waals surface area contributed by atoms with Crippen LogP contribution in [0, 0.1) is 6.33 Å². The third kappa shape index (κ3) is 2.52. The fourth-order valence-electron chi connectivity index (χ4n) is 0.488. The van der Waals surface area contributed by atoms with Crippen molar-refractivity contribution in [2.24, 2.45) is 0 Å². The second-order valence-corrected chi connectivity index (χ2v) is 1.73. The molecule has 0 saturated carbocycles. The zero-order valence-electron chi connectivity index (χ0n) is 6.43. The van der Waals surface area contributed by atoms with Crippen LogP contribution in [0.2, 0.25) is 0 Å². The predicted molar refractivity (Wildman–Crippen MR) is 34.8 cm³/mol. The number of ether oxygens (including phenoxy) is 2. The van der Waals surface area contributed by atoms with Crippen LogP contribution < -0.4 is 0 Å². The van der Waals surface area contributed by atoms with Gasteiger partial charge in [0.15, 0.2) is 6.73 Å². The molecule has 0 aromatic carbocycles. The van der Waals surface area contributed by atoms with Crippen molar-refractivity contribution in [3.63, 3.8) is 0 Å². The normalized spacial score (nSPS) is 9.42. The van der Waals surface area contributed by atoms with Crippen molar-refractivity contribution < 1.29 is 14.3 Å². The van der Waals surface area contributed by atoms with Crippen LogP contribution in [0.25, 0.3) is 0 Å². The van der Waals surface area contributed by atoms with Gasteiger partial charge in [0.1, 0.15) is 0 Å². The van der Waals surface area contributed by atoms with E-state index in [9.17, 15) is 4.79 Å². The average Bonchev–Trinajstić information content (AvgIpc) is 2.53. The van der Waals surface area contributed by atoms with Crippen molar-refractivity contribution in [1.82, 2.24) is 20.2 Å². The SMILES string of the molecule is CCOC(=O)OCn1[c]nnn1. The molecule has 1 heterocycles. The second-order valence-electron chi connectivity index (χ2n) is 1.73. The van der Waals surface area contributed by atoms with Gasteiger partial charge in [-0.3, -0.25) is 0 Å². The van der Waals surface area contributed by atoms with Crippen LogP contribution in [0.3, 0.4) is 0 Å². The lowest BCUT2D eigenvalue weighted by Gasteiger charge is -2.01. The Bertz CT molecular complexity index is 235. The van der Waals surface area contributed by atoms with Crippen molar-refractivity contribution in [1.29, 1.82) is 0 Å². The summed E-state index contributed by atoms with van der Waals surface area (Å²) in [5, 5.41) is 9.93. The van der Waals surface area contributed by atoms with E-state index >= 15 is 0 Å². The quantitative estimate of drug-likeness (QED) is 0.576. The summed E-state index contributed by atoms with van der Waals surface area (Å²) in [4.78, 5) is 10.6. The maximum absolute atomic E-state index is 10.6. The minimum Gasteiger partial charge on any atom is -0.435 e. The summed E-state index contributed by atoms with van der Waals surface area (Å²) in [6.07, 6.45) is 1.60. The van der Waals surface area contributed by atoms with E-state index in [1.54, 1.807) is 6.92 Å².